The summed E-state index contributed by atoms with van der Waals surface area (Å²) in [5, 5.41) is 15.0. The molecule has 1 aliphatic rings. The molecule has 0 aromatic heterocycles. The van der Waals surface area contributed by atoms with Crippen molar-refractivity contribution in [1.29, 1.82) is 0 Å². The number of rotatable bonds is 8. The van der Waals surface area contributed by atoms with Gasteiger partial charge in [-0.2, -0.15) is 0 Å². The first-order valence-electron chi connectivity index (χ1n) is 12.3. The Morgan fingerprint density at radius 3 is 2.18 bits per heavy atom. The van der Waals surface area contributed by atoms with Crippen LogP contribution in [0, 0.1) is 0 Å². The van der Waals surface area contributed by atoms with Crippen LogP contribution in [0.3, 0.4) is 0 Å². The van der Waals surface area contributed by atoms with E-state index in [2.05, 4.69) is 22.8 Å². The molecule has 0 atom stereocenters. The van der Waals surface area contributed by atoms with Gasteiger partial charge in [-0.25, -0.2) is 9.59 Å². The average Bonchev–Trinajstić information content (AvgIpc) is 3.28. The van der Waals surface area contributed by atoms with Gasteiger partial charge in [-0.05, 0) is 74.6 Å². The zero-order chi connectivity index (χ0) is 27.3. The summed E-state index contributed by atoms with van der Waals surface area (Å²) in [7, 11) is 0. The highest BCUT2D eigenvalue weighted by Crippen LogP contribution is 2.31. The fourth-order valence-corrected chi connectivity index (χ4v) is 4.40. The summed E-state index contributed by atoms with van der Waals surface area (Å²) in [4.78, 5) is 36.8. The standard InChI is InChI=1S/C29H31N3O6/c1-29(2,3)38-27(34)31-25-13-12-24(16-26(25)30-18-33)37-23-10-8-19(9-11-23)17-32(28(35)36)22-14-20-6-4-5-7-21(20)15-22/h4-13,16,18,22H,14-15,17H2,1-3H3,(H,30,33)(H,31,34)(H,35,36). The molecule has 3 amide bonds. The molecule has 38 heavy (non-hydrogen) atoms. The molecule has 0 aliphatic heterocycles. The number of hydrogen-bond acceptors (Lipinski definition) is 5. The van der Waals surface area contributed by atoms with Gasteiger partial charge in [0.2, 0.25) is 6.41 Å². The molecule has 0 radical (unpaired) electrons. The van der Waals surface area contributed by atoms with Crippen molar-refractivity contribution in [2.24, 2.45) is 0 Å². The van der Waals surface area contributed by atoms with E-state index in [4.69, 9.17) is 9.47 Å². The van der Waals surface area contributed by atoms with Crippen LogP contribution < -0.4 is 15.4 Å². The van der Waals surface area contributed by atoms with Crippen molar-refractivity contribution >= 4 is 30.0 Å². The molecule has 0 fully saturated rings. The van der Waals surface area contributed by atoms with Crippen molar-refractivity contribution in [3.05, 3.63) is 83.4 Å². The van der Waals surface area contributed by atoms with Gasteiger partial charge in [0.1, 0.15) is 17.1 Å². The Kier molecular flexibility index (Phi) is 7.85. The molecule has 0 unspecified atom stereocenters. The summed E-state index contributed by atoms with van der Waals surface area (Å²) in [6, 6.07) is 20.0. The molecule has 1 aliphatic carbocycles. The van der Waals surface area contributed by atoms with Crippen LogP contribution in [-0.2, 0) is 28.9 Å². The first kappa shape index (κ1) is 26.5. The highest BCUT2D eigenvalue weighted by atomic mass is 16.6. The zero-order valence-corrected chi connectivity index (χ0v) is 21.6. The molecule has 0 saturated heterocycles. The SMILES string of the molecule is CC(C)(C)OC(=O)Nc1ccc(Oc2ccc(CN(C(=O)O)C3Cc4ccccc4C3)cc2)cc1NC=O. The monoisotopic (exact) mass is 517 g/mol. The van der Waals surface area contributed by atoms with Gasteiger partial charge >= 0.3 is 12.2 Å². The number of carbonyl (C=O) groups is 3. The third-order valence-corrected chi connectivity index (χ3v) is 6.07. The maximum atomic E-state index is 12.1. The van der Waals surface area contributed by atoms with E-state index in [0.29, 0.717) is 42.1 Å². The molecule has 3 N–H and O–H groups in total. The van der Waals surface area contributed by atoms with Crippen LogP contribution in [0.2, 0.25) is 0 Å². The highest BCUT2D eigenvalue weighted by Gasteiger charge is 2.29. The number of carboxylic acid groups (broad SMARTS) is 1. The molecule has 0 heterocycles. The Bertz CT molecular complexity index is 1290. The number of anilines is 2. The third kappa shape index (κ3) is 6.82. The largest absolute Gasteiger partial charge is 0.465 e. The Hall–Kier alpha value is -4.53. The minimum absolute atomic E-state index is 0.0997. The van der Waals surface area contributed by atoms with Crippen LogP contribution in [0.4, 0.5) is 21.0 Å². The van der Waals surface area contributed by atoms with Gasteiger partial charge in [-0.3, -0.25) is 10.1 Å². The average molecular weight is 518 g/mol. The predicted molar refractivity (Wildman–Crippen MR) is 144 cm³/mol. The number of ether oxygens (including phenoxy) is 2. The van der Waals surface area contributed by atoms with E-state index in [0.717, 1.165) is 5.56 Å². The molecular weight excluding hydrogens is 486 g/mol. The van der Waals surface area contributed by atoms with Crippen LogP contribution >= 0.6 is 0 Å². The van der Waals surface area contributed by atoms with Crippen LogP contribution in [0.15, 0.2) is 66.7 Å². The molecule has 3 aromatic rings. The Balaban J connectivity index is 1.41. The molecule has 0 saturated carbocycles. The fourth-order valence-electron chi connectivity index (χ4n) is 4.40. The van der Waals surface area contributed by atoms with Crippen molar-refractivity contribution in [2.45, 2.75) is 51.8 Å². The lowest BCUT2D eigenvalue weighted by atomic mass is 10.1. The molecule has 0 spiro atoms. The summed E-state index contributed by atoms with van der Waals surface area (Å²) < 4.78 is 11.2. The molecule has 9 nitrogen and oxygen atoms in total. The molecule has 198 valence electrons. The van der Waals surface area contributed by atoms with E-state index in [-0.39, 0.29) is 12.6 Å². The van der Waals surface area contributed by atoms with Gasteiger partial charge in [-0.15, -0.1) is 0 Å². The number of nitrogens with one attached hydrogen (secondary N) is 2. The van der Waals surface area contributed by atoms with Crippen molar-refractivity contribution in [3.8, 4) is 11.5 Å². The van der Waals surface area contributed by atoms with Crippen molar-refractivity contribution < 1.29 is 29.0 Å². The molecule has 3 aromatic carbocycles. The van der Waals surface area contributed by atoms with Gasteiger partial charge < -0.3 is 24.8 Å². The normalized spacial score (nSPS) is 12.8. The van der Waals surface area contributed by atoms with Gasteiger partial charge in [0, 0.05) is 18.7 Å². The summed E-state index contributed by atoms with van der Waals surface area (Å²) in [6.07, 6.45) is 0.329. The lowest BCUT2D eigenvalue weighted by Gasteiger charge is -2.26. The fraction of sp³-hybridized carbons (Fsp3) is 0.276. The van der Waals surface area contributed by atoms with Gasteiger partial charge in [0.25, 0.3) is 0 Å². The summed E-state index contributed by atoms with van der Waals surface area (Å²) in [5.41, 5.74) is 3.27. The number of nitrogens with zero attached hydrogens (tertiary/aromatic N) is 1. The molecule has 4 rings (SSSR count). The summed E-state index contributed by atoms with van der Waals surface area (Å²) >= 11 is 0. The van der Waals surface area contributed by atoms with E-state index in [1.54, 1.807) is 51.1 Å². The second-order valence-corrected chi connectivity index (χ2v) is 10.1. The minimum Gasteiger partial charge on any atom is -0.465 e. The lowest BCUT2D eigenvalue weighted by Crippen LogP contribution is -2.39. The van der Waals surface area contributed by atoms with Crippen molar-refractivity contribution in [1.82, 2.24) is 4.90 Å². The van der Waals surface area contributed by atoms with E-state index in [9.17, 15) is 19.5 Å². The van der Waals surface area contributed by atoms with Crippen LogP contribution in [0.5, 0.6) is 11.5 Å². The molecule has 0 bridgehead atoms. The van der Waals surface area contributed by atoms with Crippen molar-refractivity contribution in [2.75, 3.05) is 10.6 Å². The number of hydrogen-bond donors (Lipinski definition) is 3. The first-order chi connectivity index (χ1) is 18.1. The second kappa shape index (κ2) is 11.2. The van der Waals surface area contributed by atoms with Crippen LogP contribution in [-0.4, -0.2) is 40.2 Å². The number of carbonyl (C=O) groups excluding carboxylic acids is 2. The Morgan fingerprint density at radius 1 is 0.974 bits per heavy atom. The van der Waals surface area contributed by atoms with Crippen LogP contribution in [0.25, 0.3) is 0 Å². The van der Waals surface area contributed by atoms with E-state index < -0.39 is 17.8 Å². The van der Waals surface area contributed by atoms with E-state index in [1.807, 2.05) is 24.3 Å². The lowest BCUT2D eigenvalue weighted by molar-refractivity contribution is -0.105. The zero-order valence-electron chi connectivity index (χ0n) is 21.6. The van der Waals surface area contributed by atoms with E-state index in [1.165, 1.54) is 16.0 Å². The highest BCUT2D eigenvalue weighted by molar-refractivity contribution is 5.92. The topological polar surface area (TPSA) is 117 Å². The number of benzene rings is 3. The van der Waals surface area contributed by atoms with Crippen molar-refractivity contribution in [3.63, 3.8) is 0 Å². The summed E-state index contributed by atoms with van der Waals surface area (Å²) in [5.74, 6) is 0.974. The first-order valence-corrected chi connectivity index (χ1v) is 12.3. The number of fused-ring (bicyclic) bond motifs is 1. The van der Waals surface area contributed by atoms with Gasteiger partial charge in [-0.1, -0.05) is 36.4 Å². The van der Waals surface area contributed by atoms with Crippen LogP contribution in [0.1, 0.15) is 37.5 Å². The molecular formula is C29H31N3O6. The van der Waals surface area contributed by atoms with Gasteiger partial charge in [0.05, 0.1) is 11.4 Å². The van der Waals surface area contributed by atoms with Gasteiger partial charge in [0.15, 0.2) is 0 Å². The quantitative estimate of drug-likeness (QED) is 0.314. The smallest absolute Gasteiger partial charge is 0.412 e. The minimum atomic E-state index is -0.946. The number of amides is 3. The third-order valence-electron chi connectivity index (χ3n) is 6.07. The predicted octanol–water partition coefficient (Wildman–Crippen LogP) is 6.04. The Morgan fingerprint density at radius 2 is 1.61 bits per heavy atom. The van der Waals surface area contributed by atoms with E-state index >= 15 is 0 Å². The summed E-state index contributed by atoms with van der Waals surface area (Å²) in [6.45, 7) is 5.54. The molecule has 9 heteroatoms. The maximum absolute atomic E-state index is 12.1. The Labute approximate surface area is 221 Å². The maximum Gasteiger partial charge on any atom is 0.412 e. The second-order valence-electron chi connectivity index (χ2n) is 10.1.